The van der Waals surface area contributed by atoms with Crippen molar-refractivity contribution in [1.29, 1.82) is 0 Å². The predicted octanol–water partition coefficient (Wildman–Crippen LogP) is 2.97. The van der Waals surface area contributed by atoms with E-state index in [1.165, 1.54) is 11.1 Å². The van der Waals surface area contributed by atoms with Gasteiger partial charge in [0, 0.05) is 4.47 Å². The van der Waals surface area contributed by atoms with Gasteiger partial charge in [0.2, 0.25) is 0 Å². The van der Waals surface area contributed by atoms with Crippen molar-refractivity contribution in [2.45, 2.75) is 25.5 Å². The average Bonchev–Trinajstić information content (AvgIpc) is 2.19. The number of nitrogens with one attached hydrogen (secondary N) is 1. The average molecular weight is 270 g/mol. The van der Waals surface area contributed by atoms with Gasteiger partial charge in [0.1, 0.15) is 0 Å². The van der Waals surface area contributed by atoms with Crippen molar-refractivity contribution in [1.82, 2.24) is 5.32 Å². The summed E-state index contributed by atoms with van der Waals surface area (Å²) >= 11 is 3.51. The first-order chi connectivity index (χ1) is 7.04. The summed E-state index contributed by atoms with van der Waals surface area (Å²) < 4.78 is 6.97. The molecule has 15 heavy (non-hydrogen) atoms. The van der Waals surface area contributed by atoms with Gasteiger partial charge in [-0.1, -0.05) is 22.0 Å². The van der Waals surface area contributed by atoms with Gasteiger partial charge in [0.05, 0.1) is 18.2 Å². The zero-order valence-electron chi connectivity index (χ0n) is 9.30. The van der Waals surface area contributed by atoms with Gasteiger partial charge in [-0.2, -0.15) is 0 Å². The van der Waals surface area contributed by atoms with Gasteiger partial charge in [-0.3, -0.25) is 0 Å². The summed E-state index contributed by atoms with van der Waals surface area (Å²) in [4.78, 5) is 0. The van der Waals surface area contributed by atoms with Gasteiger partial charge < -0.3 is 10.1 Å². The van der Waals surface area contributed by atoms with E-state index < -0.39 is 0 Å². The first-order valence-electron chi connectivity index (χ1n) is 5.16. The topological polar surface area (TPSA) is 21.3 Å². The third-order valence-corrected chi connectivity index (χ3v) is 3.49. The van der Waals surface area contributed by atoms with Crippen molar-refractivity contribution in [2.75, 3.05) is 13.7 Å². The Labute approximate surface area is 99.1 Å². The zero-order chi connectivity index (χ0) is 11.1. The van der Waals surface area contributed by atoms with Crippen LogP contribution >= 0.6 is 15.9 Å². The van der Waals surface area contributed by atoms with Crippen molar-refractivity contribution in [3.63, 3.8) is 0 Å². The molecule has 1 aromatic carbocycles. The molecule has 1 aliphatic rings. The Kier molecular flexibility index (Phi) is 2.88. The standard InChI is InChI=1S/C12H16BrNO/c1-12(2)10-6-8(13)4-5-9(10)11(14-3)7-15-12/h4-6,11,14H,7H2,1-3H3. The summed E-state index contributed by atoms with van der Waals surface area (Å²) in [6.07, 6.45) is 0. The van der Waals surface area contributed by atoms with Crippen LogP contribution in [-0.2, 0) is 10.3 Å². The quantitative estimate of drug-likeness (QED) is 0.847. The van der Waals surface area contributed by atoms with E-state index in [-0.39, 0.29) is 5.60 Å². The molecule has 1 unspecified atom stereocenters. The van der Waals surface area contributed by atoms with Gasteiger partial charge in [-0.15, -0.1) is 0 Å². The Morgan fingerprint density at radius 3 is 2.87 bits per heavy atom. The number of hydrogen-bond acceptors (Lipinski definition) is 2. The number of benzene rings is 1. The minimum absolute atomic E-state index is 0.188. The molecule has 1 atom stereocenters. The number of ether oxygens (including phenoxy) is 1. The lowest BCUT2D eigenvalue weighted by molar-refractivity contribution is -0.0462. The Hall–Kier alpha value is -0.380. The smallest absolute Gasteiger partial charge is 0.0879 e. The molecule has 0 saturated heterocycles. The van der Waals surface area contributed by atoms with Crippen LogP contribution in [-0.4, -0.2) is 13.7 Å². The van der Waals surface area contributed by atoms with Crippen LogP contribution < -0.4 is 5.32 Å². The van der Waals surface area contributed by atoms with E-state index in [2.05, 4.69) is 53.3 Å². The number of likely N-dealkylation sites (N-methyl/N-ethyl adjacent to an activating group) is 1. The van der Waals surface area contributed by atoms with Crippen LogP contribution in [0.3, 0.4) is 0 Å². The molecule has 0 aromatic heterocycles. The molecule has 2 nitrogen and oxygen atoms in total. The fourth-order valence-electron chi connectivity index (χ4n) is 2.05. The molecule has 0 aliphatic carbocycles. The molecule has 0 fully saturated rings. The Morgan fingerprint density at radius 2 is 2.20 bits per heavy atom. The first-order valence-corrected chi connectivity index (χ1v) is 5.95. The number of halogens is 1. The monoisotopic (exact) mass is 269 g/mol. The molecule has 1 aliphatic heterocycles. The van der Waals surface area contributed by atoms with Crippen LogP contribution in [0.2, 0.25) is 0 Å². The molecule has 0 amide bonds. The van der Waals surface area contributed by atoms with Crippen LogP contribution in [0.5, 0.6) is 0 Å². The van der Waals surface area contributed by atoms with E-state index in [0.717, 1.165) is 11.1 Å². The zero-order valence-corrected chi connectivity index (χ0v) is 10.9. The molecule has 0 spiro atoms. The summed E-state index contributed by atoms with van der Waals surface area (Å²) in [5.41, 5.74) is 2.42. The molecule has 0 saturated carbocycles. The summed E-state index contributed by atoms with van der Waals surface area (Å²) in [5.74, 6) is 0. The van der Waals surface area contributed by atoms with Gasteiger partial charge in [0.25, 0.3) is 0 Å². The van der Waals surface area contributed by atoms with Crippen LogP contribution in [0.1, 0.15) is 31.0 Å². The highest BCUT2D eigenvalue weighted by Gasteiger charge is 2.32. The largest absolute Gasteiger partial charge is 0.369 e. The van der Waals surface area contributed by atoms with Crippen LogP contribution in [0.15, 0.2) is 22.7 Å². The summed E-state index contributed by atoms with van der Waals surface area (Å²) in [6.45, 7) is 4.96. The highest BCUT2D eigenvalue weighted by Crippen LogP contribution is 2.37. The minimum atomic E-state index is -0.188. The maximum Gasteiger partial charge on any atom is 0.0879 e. The molecule has 1 aromatic rings. The third kappa shape index (κ3) is 1.96. The van der Waals surface area contributed by atoms with Crippen molar-refractivity contribution in [3.05, 3.63) is 33.8 Å². The number of fused-ring (bicyclic) bond motifs is 1. The second kappa shape index (κ2) is 3.89. The van der Waals surface area contributed by atoms with Crippen molar-refractivity contribution in [2.24, 2.45) is 0 Å². The van der Waals surface area contributed by atoms with Crippen LogP contribution in [0, 0.1) is 0 Å². The van der Waals surface area contributed by atoms with Gasteiger partial charge >= 0.3 is 0 Å². The number of hydrogen-bond donors (Lipinski definition) is 1. The van der Waals surface area contributed by atoms with E-state index in [9.17, 15) is 0 Å². The summed E-state index contributed by atoms with van der Waals surface area (Å²) in [5, 5.41) is 3.28. The predicted molar refractivity (Wildman–Crippen MR) is 64.9 cm³/mol. The molecule has 0 bridgehead atoms. The molecule has 82 valence electrons. The Bertz CT molecular complexity index is 376. The lowest BCUT2D eigenvalue weighted by Crippen LogP contribution is -2.36. The molecule has 0 radical (unpaired) electrons. The van der Waals surface area contributed by atoms with Crippen LogP contribution in [0.4, 0.5) is 0 Å². The minimum Gasteiger partial charge on any atom is -0.369 e. The molecule has 1 heterocycles. The second-order valence-corrected chi connectivity index (χ2v) is 5.31. The summed E-state index contributed by atoms with van der Waals surface area (Å²) in [6, 6.07) is 6.72. The fourth-order valence-corrected chi connectivity index (χ4v) is 2.41. The van der Waals surface area contributed by atoms with Gasteiger partial charge in [0.15, 0.2) is 0 Å². The first kappa shape index (κ1) is 11.1. The third-order valence-electron chi connectivity index (χ3n) is 3.00. The second-order valence-electron chi connectivity index (χ2n) is 4.39. The SMILES string of the molecule is CNC1COC(C)(C)c2cc(Br)ccc21. The molecular formula is C12H16BrNO. The maximum absolute atomic E-state index is 5.87. The van der Waals surface area contributed by atoms with Gasteiger partial charge in [-0.25, -0.2) is 0 Å². The Morgan fingerprint density at radius 1 is 1.47 bits per heavy atom. The van der Waals surface area contributed by atoms with Gasteiger partial charge in [-0.05, 0) is 44.2 Å². The van der Waals surface area contributed by atoms with E-state index in [1.54, 1.807) is 0 Å². The highest BCUT2D eigenvalue weighted by molar-refractivity contribution is 9.10. The molecular weight excluding hydrogens is 254 g/mol. The molecule has 2 rings (SSSR count). The van der Waals surface area contributed by atoms with E-state index in [0.29, 0.717) is 6.04 Å². The van der Waals surface area contributed by atoms with E-state index in [1.807, 2.05) is 7.05 Å². The lowest BCUT2D eigenvalue weighted by atomic mass is 9.87. The fraction of sp³-hybridized carbons (Fsp3) is 0.500. The Balaban J connectivity index is 2.53. The maximum atomic E-state index is 5.87. The molecule has 3 heteroatoms. The normalized spacial score (nSPS) is 23.6. The number of rotatable bonds is 1. The van der Waals surface area contributed by atoms with Crippen molar-refractivity contribution >= 4 is 15.9 Å². The van der Waals surface area contributed by atoms with Crippen LogP contribution in [0.25, 0.3) is 0 Å². The van der Waals surface area contributed by atoms with Crippen molar-refractivity contribution < 1.29 is 4.74 Å². The van der Waals surface area contributed by atoms with Crippen molar-refractivity contribution in [3.8, 4) is 0 Å². The van der Waals surface area contributed by atoms with E-state index in [4.69, 9.17) is 4.74 Å². The van der Waals surface area contributed by atoms with E-state index >= 15 is 0 Å². The summed E-state index contributed by atoms with van der Waals surface area (Å²) in [7, 11) is 1.97. The highest BCUT2D eigenvalue weighted by atomic mass is 79.9. The molecule has 1 N–H and O–H groups in total. The lowest BCUT2D eigenvalue weighted by Gasteiger charge is -2.37.